The summed E-state index contributed by atoms with van der Waals surface area (Å²) in [7, 11) is 0. The Morgan fingerprint density at radius 2 is 1.82 bits per heavy atom. The van der Waals surface area contributed by atoms with Gasteiger partial charge in [0.25, 0.3) is 5.56 Å². The maximum absolute atomic E-state index is 14.1. The molecule has 1 N–H and O–H groups in total. The zero-order valence-corrected chi connectivity index (χ0v) is 23.6. The summed E-state index contributed by atoms with van der Waals surface area (Å²) in [6.45, 7) is 7.00. The molecule has 0 saturated carbocycles. The van der Waals surface area contributed by atoms with Crippen LogP contribution in [0.1, 0.15) is 36.8 Å². The number of anilines is 1. The zero-order valence-electron chi connectivity index (χ0n) is 22.0. The number of hydrogen-bond donors (Lipinski definition) is 1. The maximum Gasteiger partial charge on any atom is 0.264 e. The molecule has 5 aromatic rings. The second-order valence-corrected chi connectivity index (χ2v) is 12.5. The smallest absolute Gasteiger partial charge is 0.264 e. The van der Waals surface area contributed by atoms with Gasteiger partial charge in [0.1, 0.15) is 4.83 Å². The molecule has 0 saturated heterocycles. The van der Waals surface area contributed by atoms with Gasteiger partial charge in [-0.15, -0.1) is 21.5 Å². The molecule has 3 aromatic heterocycles. The van der Waals surface area contributed by atoms with Crippen LogP contribution < -0.4 is 10.9 Å². The molecular weight excluding hydrogens is 530 g/mol. The van der Waals surface area contributed by atoms with Gasteiger partial charge in [-0.1, -0.05) is 74.1 Å². The number of rotatable bonds is 7. The molecule has 0 spiro atoms. The van der Waals surface area contributed by atoms with Crippen LogP contribution in [0.15, 0.2) is 70.6 Å². The number of nitrogens with zero attached hydrogens (tertiary/aromatic N) is 4. The van der Waals surface area contributed by atoms with E-state index in [1.807, 2.05) is 72.0 Å². The lowest BCUT2D eigenvalue weighted by Crippen LogP contribution is -2.28. The van der Waals surface area contributed by atoms with Gasteiger partial charge in [-0.05, 0) is 36.1 Å². The third kappa shape index (κ3) is 4.88. The summed E-state index contributed by atoms with van der Waals surface area (Å²) >= 11 is 2.89. The fourth-order valence-electron chi connectivity index (χ4n) is 4.88. The Bertz CT molecular complexity index is 1710. The van der Waals surface area contributed by atoms with Crippen molar-refractivity contribution in [3.63, 3.8) is 0 Å². The molecule has 39 heavy (non-hydrogen) atoms. The summed E-state index contributed by atoms with van der Waals surface area (Å²) in [5.41, 5.74) is 2.74. The molecule has 0 unspecified atom stereocenters. The Morgan fingerprint density at radius 3 is 2.54 bits per heavy atom. The number of amides is 1. The quantitative estimate of drug-likeness (QED) is 0.270. The summed E-state index contributed by atoms with van der Waals surface area (Å²) in [6.07, 6.45) is 0.754. The Morgan fingerprint density at radius 1 is 1.10 bits per heavy atom. The Balaban J connectivity index is 1.46. The highest BCUT2D eigenvalue weighted by Crippen LogP contribution is 2.37. The molecular formula is C29H29N5O3S2. The van der Waals surface area contributed by atoms with Crippen molar-refractivity contribution in [2.75, 3.05) is 5.32 Å². The molecule has 1 aliphatic rings. The minimum absolute atomic E-state index is 0.0597. The van der Waals surface area contributed by atoms with Crippen molar-refractivity contribution in [2.24, 2.45) is 5.92 Å². The molecule has 1 aliphatic heterocycles. The van der Waals surface area contributed by atoms with Crippen molar-refractivity contribution in [1.82, 2.24) is 19.2 Å². The number of carbonyl (C=O) groups excluding carboxylic acids is 1. The van der Waals surface area contributed by atoms with Crippen LogP contribution in [-0.4, -0.2) is 36.4 Å². The van der Waals surface area contributed by atoms with Crippen LogP contribution in [0.3, 0.4) is 0 Å². The Labute approximate surface area is 234 Å². The van der Waals surface area contributed by atoms with Crippen molar-refractivity contribution in [3.05, 3.63) is 87.0 Å². The van der Waals surface area contributed by atoms with Crippen molar-refractivity contribution < 1.29 is 9.53 Å². The summed E-state index contributed by atoms with van der Waals surface area (Å²) in [5, 5.41) is 12.8. The van der Waals surface area contributed by atoms with Crippen LogP contribution in [-0.2, 0) is 29.1 Å². The molecule has 2 atom stereocenters. The first-order valence-electron chi connectivity index (χ1n) is 13.0. The minimum Gasteiger partial charge on any atom is -0.372 e. The second-order valence-electron chi connectivity index (χ2n) is 10.1. The molecule has 1 amide bonds. The molecule has 0 fully saturated rings. The van der Waals surface area contributed by atoms with Crippen molar-refractivity contribution in [3.8, 4) is 0 Å². The van der Waals surface area contributed by atoms with E-state index in [1.54, 1.807) is 15.9 Å². The molecule has 200 valence electrons. The molecule has 2 aromatic carbocycles. The second kappa shape index (κ2) is 10.6. The number of thiophene rings is 1. The zero-order chi connectivity index (χ0) is 27.1. The molecule has 4 heterocycles. The fraction of sp³-hybridized carbons (Fsp3) is 0.310. The van der Waals surface area contributed by atoms with Crippen LogP contribution in [0.25, 0.3) is 16.0 Å². The lowest BCUT2D eigenvalue weighted by molar-refractivity contribution is -0.115. The van der Waals surface area contributed by atoms with E-state index in [9.17, 15) is 9.59 Å². The number of aromatic nitrogens is 4. The summed E-state index contributed by atoms with van der Waals surface area (Å²) in [5.74, 6) is 0.679. The van der Waals surface area contributed by atoms with Crippen molar-refractivity contribution >= 4 is 50.7 Å². The van der Waals surface area contributed by atoms with E-state index < -0.39 is 5.25 Å². The minimum atomic E-state index is -0.439. The molecule has 0 bridgehead atoms. The number of nitrogens with one attached hydrogen (secondary N) is 1. The van der Waals surface area contributed by atoms with Crippen molar-refractivity contribution in [1.29, 1.82) is 0 Å². The Hall–Kier alpha value is -3.47. The number of benzene rings is 2. The third-order valence-electron chi connectivity index (χ3n) is 7.05. The lowest BCUT2D eigenvalue weighted by Gasteiger charge is -2.26. The number of carbonyl (C=O) groups is 1. The number of thioether (sulfide) groups is 1. The van der Waals surface area contributed by atoms with Crippen LogP contribution in [0.5, 0.6) is 0 Å². The van der Waals surface area contributed by atoms with Gasteiger partial charge in [0.15, 0.2) is 5.16 Å². The molecule has 6 rings (SSSR count). The van der Waals surface area contributed by atoms with Gasteiger partial charge < -0.3 is 10.1 Å². The number of ether oxygens (including phenoxy) is 1. The normalized spacial score (nSPS) is 16.1. The highest BCUT2D eigenvalue weighted by molar-refractivity contribution is 8.00. The highest BCUT2D eigenvalue weighted by atomic mass is 32.2. The topological polar surface area (TPSA) is 90.5 Å². The van der Waals surface area contributed by atoms with Gasteiger partial charge in [0.05, 0.1) is 29.9 Å². The van der Waals surface area contributed by atoms with E-state index in [-0.39, 0.29) is 17.6 Å². The SMILES string of the molecule is CC(C)[C@@H]1Cc2c(sc3c2c(=O)n(Cc2ccccc2)c2nnc(S[C@@H](C)C(=O)Nc4ccccc4)n32)CO1. The predicted octanol–water partition coefficient (Wildman–Crippen LogP) is 5.37. The average Bonchev–Trinajstić information content (AvgIpc) is 3.53. The maximum atomic E-state index is 14.1. The van der Waals surface area contributed by atoms with E-state index in [0.717, 1.165) is 26.5 Å². The monoisotopic (exact) mass is 559 g/mol. The first-order chi connectivity index (χ1) is 18.9. The van der Waals surface area contributed by atoms with Crippen LogP contribution >= 0.6 is 23.1 Å². The summed E-state index contributed by atoms with van der Waals surface area (Å²) in [6, 6.07) is 19.3. The van der Waals surface area contributed by atoms with Gasteiger partial charge in [0, 0.05) is 17.0 Å². The highest BCUT2D eigenvalue weighted by Gasteiger charge is 2.30. The van der Waals surface area contributed by atoms with E-state index in [1.165, 1.54) is 11.8 Å². The first kappa shape index (κ1) is 25.8. The van der Waals surface area contributed by atoms with Gasteiger partial charge >= 0.3 is 0 Å². The van der Waals surface area contributed by atoms with Crippen LogP contribution in [0.4, 0.5) is 5.69 Å². The Kier molecular flexibility index (Phi) is 7.01. The lowest BCUT2D eigenvalue weighted by atomic mass is 9.96. The fourth-order valence-corrected chi connectivity index (χ4v) is 7.03. The molecule has 10 heteroatoms. The number of hydrogen-bond acceptors (Lipinski definition) is 7. The van der Waals surface area contributed by atoms with Gasteiger partial charge in [0.2, 0.25) is 11.7 Å². The summed E-state index contributed by atoms with van der Waals surface area (Å²) in [4.78, 5) is 29.0. The standard InChI is InChI=1S/C29H29N5O3S2/c1-17(2)22-14-21-23(16-37-22)39-27-24(21)26(36)33(15-19-10-6-4-7-11-19)28-31-32-29(34(27)28)38-18(3)25(35)30-20-12-8-5-9-13-20/h4-13,17-18,22H,14-16H2,1-3H3,(H,30,35)/t18-,22-/m0/s1. The van der Waals surface area contributed by atoms with E-state index in [0.29, 0.717) is 41.8 Å². The van der Waals surface area contributed by atoms with Crippen LogP contribution in [0, 0.1) is 5.92 Å². The average molecular weight is 560 g/mol. The van der Waals surface area contributed by atoms with Gasteiger partial charge in [-0.2, -0.15) is 0 Å². The van der Waals surface area contributed by atoms with E-state index in [4.69, 9.17) is 4.74 Å². The van der Waals surface area contributed by atoms with Crippen LogP contribution in [0.2, 0.25) is 0 Å². The van der Waals surface area contributed by atoms with Gasteiger partial charge in [-0.25, -0.2) is 4.40 Å². The molecule has 0 radical (unpaired) electrons. The van der Waals surface area contributed by atoms with Crippen molar-refractivity contribution in [2.45, 2.75) is 56.9 Å². The first-order valence-corrected chi connectivity index (χ1v) is 14.7. The number of fused-ring (bicyclic) bond motifs is 5. The number of para-hydroxylation sites is 1. The largest absolute Gasteiger partial charge is 0.372 e. The van der Waals surface area contributed by atoms with Gasteiger partial charge in [-0.3, -0.25) is 14.2 Å². The molecule has 8 nitrogen and oxygen atoms in total. The third-order valence-corrected chi connectivity index (χ3v) is 9.28. The summed E-state index contributed by atoms with van der Waals surface area (Å²) < 4.78 is 9.79. The predicted molar refractivity (Wildman–Crippen MR) is 156 cm³/mol. The van der Waals surface area contributed by atoms with E-state index >= 15 is 0 Å². The van der Waals surface area contributed by atoms with E-state index in [2.05, 4.69) is 29.4 Å². The molecule has 0 aliphatic carbocycles.